The van der Waals surface area contributed by atoms with E-state index in [-0.39, 0.29) is 17.4 Å². The van der Waals surface area contributed by atoms with Crippen LogP contribution in [0.15, 0.2) is 29.2 Å². The van der Waals surface area contributed by atoms with Crippen LogP contribution >= 0.6 is 10.7 Å². The Morgan fingerprint density at radius 1 is 1.29 bits per heavy atom. The van der Waals surface area contributed by atoms with Gasteiger partial charge < -0.3 is 10.1 Å². The Morgan fingerprint density at radius 3 is 2.52 bits per heavy atom. The van der Waals surface area contributed by atoms with Crippen LogP contribution in [0.25, 0.3) is 0 Å². The van der Waals surface area contributed by atoms with Crippen molar-refractivity contribution in [2.45, 2.75) is 31.1 Å². The molecule has 0 aliphatic rings. The van der Waals surface area contributed by atoms with E-state index in [1.54, 1.807) is 12.1 Å². The van der Waals surface area contributed by atoms with Crippen LogP contribution < -0.4 is 5.32 Å². The first kappa shape index (κ1) is 17.9. The summed E-state index contributed by atoms with van der Waals surface area (Å²) in [5.41, 5.74) is 0.996. The molecule has 118 valence electrons. The van der Waals surface area contributed by atoms with E-state index in [0.29, 0.717) is 13.2 Å². The maximum Gasteiger partial charge on any atom is 0.261 e. The fourth-order valence-corrected chi connectivity index (χ4v) is 2.47. The molecule has 1 aromatic carbocycles. The van der Waals surface area contributed by atoms with Gasteiger partial charge in [0.1, 0.15) is 6.61 Å². The zero-order chi connectivity index (χ0) is 15.7. The molecule has 0 spiro atoms. The number of carbonyl (C=O) groups is 1. The molecule has 0 aliphatic heterocycles. The Hall–Kier alpha value is -1.11. The number of halogens is 1. The molecule has 0 aliphatic carbocycles. The van der Waals surface area contributed by atoms with E-state index in [9.17, 15) is 13.2 Å². The van der Waals surface area contributed by atoms with Crippen LogP contribution in [0.2, 0.25) is 0 Å². The lowest BCUT2D eigenvalue weighted by Crippen LogP contribution is -2.28. The molecule has 1 aromatic rings. The zero-order valence-corrected chi connectivity index (χ0v) is 13.5. The first-order chi connectivity index (χ1) is 9.93. The first-order valence-corrected chi connectivity index (χ1v) is 9.12. The van der Waals surface area contributed by atoms with Crippen molar-refractivity contribution in [1.82, 2.24) is 5.32 Å². The molecule has 0 heterocycles. The average molecular weight is 334 g/mol. The molecule has 0 aromatic heterocycles. The van der Waals surface area contributed by atoms with Crippen LogP contribution in [0, 0.1) is 0 Å². The second kappa shape index (κ2) is 9.02. The Bertz CT molecular complexity index is 543. The highest BCUT2D eigenvalue weighted by atomic mass is 35.7. The Labute approximate surface area is 130 Å². The normalized spacial score (nSPS) is 11.3. The van der Waals surface area contributed by atoms with Crippen LogP contribution in [0.3, 0.4) is 0 Å². The van der Waals surface area contributed by atoms with Crippen LogP contribution in [0.5, 0.6) is 0 Å². The zero-order valence-electron chi connectivity index (χ0n) is 12.0. The topological polar surface area (TPSA) is 72.5 Å². The second-order valence-corrected chi connectivity index (χ2v) is 7.15. The summed E-state index contributed by atoms with van der Waals surface area (Å²) in [6.45, 7) is 3.22. The Morgan fingerprint density at radius 2 is 1.95 bits per heavy atom. The largest absolute Gasteiger partial charge is 0.372 e. The number of hydrogen-bond acceptors (Lipinski definition) is 4. The molecule has 0 saturated heterocycles. The highest BCUT2D eigenvalue weighted by molar-refractivity contribution is 8.13. The quantitative estimate of drug-likeness (QED) is 0.555. The third-order valence-corrected chi connectivity index (χ3v) is 4.12. The molecule has 7 heteroatoms. The van der Waals surface area contributed by atoms with E-state index in [1.165, 1.54) is 12.1 Å². The van der Waals surface area contributed by atoms with Crippen molar-refractivity contribution in [3.63, 3.8) is 0 Å². The van der Waals surface area contributed by atoms with Crippen molar-refractivity contribution in [2.24, 2.45) is 0 Å². The van der Waals surface area contributed by atoms with Gasteiger partial charge in [0.2, 0.25) is 5.91 Å². The van der Waals surface area contributed by atoms with Gasteiger partial charge in [0.15, 0.2) is 0 Å². The third kappa shape index (κ3) is 7.45. The lowest BCUT2D eigenvalue weighted by molar-refractivity contribution is -0.125. The second-order valence-electron chi connectivity index (χ2n) is 4.59. The molecule has 0 bridgehead atoms. The van der Waals surface area contributed by atoms with Gasteiger partial charge in [-0.1, -0.05) is 19.1 Å². The highest BCUT2D eigenvalue weighted by Crippen LogP contribution is 2.15. The van der Waals surface area contributed by atoms with Gasteiger partial charge in [0, 0.05) is 23.8 Å². The van der Waals surface area contributed by atoms with Gasteiger partial charge in [0.25, 0.3) is 9.05 Å². The Balaban J connectivity index is 2.25. The fourth-order valence-electron chi connectivity index (χ4n) is 1.70. The first-order valence-electron chi connectivity index (χ1n) is 6.81. The highest BCUT2D eigenvalue weighted by Gasteiger charge is 2.08. The molecule has 0 radical (unpaired) electrons. The number of aryl methyl sites for hydroxylation is 1. The van der Waals surface area contributed by atoms with Crippen molar-refractivity contribution in [2.75, 3.05) is 19.8 Å². The molecule has 0 saturated carbocycles. The van der Waals surface area contributed by atoms with Gasteiger partial charge in [-0.25, -0.2) is 8.42 Å². The van der Waals surface area contributed by atoms with Crippen molar-refractivity contribution >= 4 is 25.6 Å². The standard InChI is InChI=1S/C14H20ClNO4S/c1-2-10-20-11-14(17)16-9-3-4-12-5-7-13(8-6-12)21(15,18)19/h5-8H,2-4,9-11H2,1H3,(H,16,17). The summed E-state index contributed by atoms with van der Waals surface area (Å²) in [4.78, 5) is 11.5. The summed E-state index contributed by atoms with van der Waals surface area (Å²) in [5, 5.41) is 2.77. The maximum absolute atomic E-state index is 11.4. The number of benzene rings is 1. The molecule has 5 nitrogen and oxygen atoms in total. The van der Waals surface area contributed by atoms with E-state index >= 15 is 0 Å². The summed E-state index contributed by atoms with van der Waals surface area (Å²) in [6.07, 6.45) is 2.41. The van der Waals surface area contributed by atoms with Gasteiger partial charge in [0.05, 0.1) is 4.90 Å². The number of carbonyl (C=O) groups excluding carboxylic acids is 1. The monoisotopic (exact) mass is 333 g/mol. The number of ether oxygens (including phenoxy) is 1. The predicted molar refractivity (Wildman–Crippen MR) is 81.9 cm³/mol. The van der Waals surface area contributed by atoms with Crippen molar-refractivity contribution < 1.29 is 17.9 Å². The summed E-state index contributed by atoms with van der Waals surface area (Å²) in [7, 11) is 1.57. The number of hydrogen-bond donors (Lipinski definition) is 1. The van der Waals surface area contributed by atoms with Crippen LogP contribution in [0.1, 0.15) is 25.3 Å². The molecular weight excluding hydrogens is 314 g/mol. The number of amides is 1. The van der Waals surface area contributed by atoms with Crippen molar-refractivity contribution in [3.05, 3.63) is 29.8 Å². The minimum absolute atomic E-state index is 0.0919. The fraction of sp³-hybridized carbons (Fsp3) is 0.500. The van der Waals surface area contributed by atoms with Crippen molar-refractivity contribution in [3.8, 4) is 0 Å². The van der Waals surface area contributed by atoms with Gasteiger partial charge in [-0.15, -0.1) is 0 Å². The average Bonchev–Trinajstić information content (AvgIpc) is 2.43. The smallest absolute Gasteiger partial charge is 0.261 e. The Kier molecular flexibility index (Phi) is 7.71. The van der Waals surface area contributed by atoms with E-state index in [1.807, 2.05) is 6.92 Å². The molecule has 0 fully saturated rings. The predicted octanol–water partition coefficient (Wildman–Crippen LogP) is 2.09. The molecule has 1 amide bonds. The molecule has 0 atom stereocenters. The summed E-state index contributed by atoms with van der Waals surface area (Å²) in [6, 6.07) is 6.41. The maximum atomic E-state index is 11.4. The van der Waals surface area contributed by atoms with Crippen LogP contribution in [0.4, 0.5) is 0 Å². The van der Waals surface area contributed by atoms with E-state index < -0.39 is 9.05 Å². The molecule has 0 unspecified atom stereocenters. The summed E-state index contributed by atoms with van der Waals surface area (Å²) in [5.74, 6) is -0.118. The van der Waals surface area contributed by atoms with Crippen LogP contribution in [-0.4, -0.2) is 34.1 Å². The third-order valence-electron chi connectivity index (χ3n) is 2.75. The SMILES string of the molecule is CCCOCC(=O)NCCCc1ccc(S(=O)(=O)Cl)cc1. The number of nitrogens with one attached hydrogen (secondary N) is 1. The minimum Gasteiger partial charge on any atom is -0.372 e. The van der Waals surface area contributed by atoms with E-state index in [0.717, 1.165) is 24.8 Å². The lowest BCUT2D eigenvalue weighted by atomic mass is 10.1. The van der Waals surface area contributed by atoms with Gasteiger partial charge >= 0.3 is 0 Å². The molecule has 1 rings (SSSR count). The number of rotatable bonds is 9. The van der Waals surface area contributed by atoms with Crippen molar-refractivity contribution in [1.29, 1.82) is 0 Å². The van der Waals surface area contributed by atoms with Gasteiger partial charge in [-0.2, -0.15) is 0 Å². The lowest BCUT2D eigenvalue weighted by Gasteiger charge is -2.06. The summed E-state index contributed by atoms with van der Waals surface area (Å²) < 4.78 is 27.3. The summed E-state index contributed by atoms with van der Waals surface area (Å²) >= 11 is 0. The van der Waals surface area contributed by atoms with E-state index in [2.05, 4.69) is 5.32 Å². The minimum atomic E-state index is -3.67. The van der Waals surface area contributed by atoms with Gasteiger partial charge in [-0.3, -0.25) is 4.79 Å². The molecule has 1 N–H and O–H groups in total. The molecular formula is C14H20ClNO4S. The van der Waals surface area contributed by atoms with Gasteiger partial charge in [-0.05, 0) is 37.0 Å². The van der Waals surface area contributed by atoms with Crippen LogP contribution in [-0.2, 0) is 25.0 Å². The molecule has 21 heavy (non-hydrogen) atoms. The van der Waals surface area contributed by atoms with E-state index in [4.69, 9.17) is 15.4 Å².